The number of benzene rings is 1. The second kappa shape index (κ2) is 7.45. The fraction of sp³-hybridized carbons (Fsp3) is 0.632. The number of aliphatic hydroxyl groups excluding tert-OH is 1. The molecule has 0 spiro atoms. The number of carbonyl (C=O) groups excluding carboxylic acids is 1. The van der Waals surface area contributed by atoms with Crippen LogP contribution in [0.25, 0.3) is 0 Å². The van der Waals surface area contributed by atoms with Crippen molar-refractivity contribution in [2.24, 2.45) is 0 Å². The molecule has 1 amide bonds. The van der Waals surface area contributed by atoms with E-state index in [-0.39, 0.29) is 23.5 Å². The van der Waals surface area contributed by atoms with E-state index in [0.29, 0.717) is 6.42 Å². The average molecular weight is 318 g/mol. The van der Waals surface area contributed by atoms with Crippen LogP contribution in [0.5, 0.6) is 0 Å². The summed E-state index contributed by atoms with van der Waals surface area (Å²) in [5, 5.41) is 13.5. The first-order valence-electron chi connectivity index (χ1n) is 8.59. The molecule has 1 saturated heterocycles. The fourth-order valence-corrected chi connectivity index (χ4v) is 3.31. The number of hydrogen-bond donors (Lipinski definition) is 2. The second-order valence-electron chi connectivity index (χ2n) is 7.61. The number of nitrogens with one attached hydrogen (secondary N) is 1. The molecule has 4 heteroatoms. The molecule has 1 fully saturated rings. The molecule has 2 N–H and O–H groups in total. The van der Waals surface area contributed by atoms with E-state index in [2.05, 4.69) is 10.2 Å². The summed E-state index contributed by atoms with van der Waals surface area (Å²) in [5.74, 6) is 0.0681. The molecule has 1 aromatic carbocycles. The molecule has 3 atom stereocenters. The van der Waals surface area contributed by atoms with Crippen LogP contribution in [0.15, 0.2) is 30.3 Å². The summed E-state index contributed by atoms with van der Waals surface area (Å²) in [7, 11) is 0. The summed E-state index contributed by atoms with van der Waals surface area (Å²) in [5.41, 5.74) is 0.732. The third kappa shape index (κ3) is 5.05. The number of rotatable bonds is 5. The van der Waals surface area contributed by atoms with Gasteiger partial charge in [0.2, 0.25) is 5.91 Å². The Morgan fingerprint density at radius 2 is 2.00 bits per heavy atom. The molecule has 1 aliphatic rings. The molecule has 23 heavy (non-hydrogen) atoms. The maximum atomic E-state index is 12.4. The van der Waals surface area contributed by atoms with E-state index in [1.165, 1.54) is 0 Å². The summed E-state index contributed by atoms with van der Waals surface area (Å²) in [4.78, 5) is 14.7. The first-order valence-corrected chi connectivity index (χ1v) is 8.59. The summed E-state index contributed by atoms with van der Waals surface area (Å²) in [6.45, 7) is 8.88. The molecule has 0 saturated carbocycles. The monoisotopic (exact) mass is 318 g/mol. The average Bonchev–Trinajstić information content (AvgIpc) is 2.93. The van der Waals surface area contributed by atoms with Crippen LogP contribution in [-0.2, 0) is 4.79 Å². The van der Waals surface area contributed by atoms with Crippen molar-refractivity contribution in [3.63, 3.8) is 0 Å². The molecule has 128 valence electrons. The number of hydrogen-bond acceptors (Lipinski definition) is 3. The molecule has 1 aliphatic heterocycles. The van der Waals surface area contributed by atoms with Gasteiger partial charge >= 0.3 is 0 Å². The zero-order chi connectivity index (χ0) is 17.0. The van der Waals surface area contributed by atoms with Crippen LogP contribution >= 0.6 is 0 Å². The Morgan fingerprint density at radius 3 is 2.61 bits per heavy atom. The minimum absolute atomic E-state index is 0.0681. The molecule has 0 aromatic heterocycles. The maximum absolute atomic E-state index is 12.4. The smallest absolute Gasteiger partial charge is 0.237 e. The number of nitrogens with zero attached hydrogens (tertiary/aromatic N) is 1. The largest absolute Gasteiger partial charge is 0.388 e. The van der Waals surface area contributed by atoms with Crippen molar-refractivity contribution < 1.29 is 9.90 Å². The van der Waals surface area contributed by atoms with E-state index in [1.807, 2.05) is 58.0 Å². The van der Waals surface area contributed by atoms with E-state index in [4.69, 9.17) is 0 Å². The van der Waals surface area contributed by atoms with Gasteiger partial charge in [0.15, 0.2) is 0 Å². The van der Waals surface area contributed by atoms with Crippen LogP contribution in [-0.4, -0.2) is 40.1 Å². The van der Waals surface area contributed by atoms with Crippen molar-refractivity contribution in [1.29, 1.82) is 0 Å². The molecule has 0 radical (unpaired) electrons. The zero-order valence-electron chi connectivity index (χ0n) is 14.7. The van der Waals surface area contributed by atoms with Crippen molar-refractivity contribution >= 4 is 5.91 Å². The van der Waals surface area contributed by atoms with Crippen molar-refractivity contribution in [3.05, 3.63) is 35.9 Å². The van der Waals surface area contributed by atoms with Crippen LogP contribution in [0.3, 0.4) is 0 Å². The molecule has 1 aromatic rings. The number of likely N-dealkylation sites (tertiary alicyclic amines) is 1. The lowest BCUT2D eigenvalue weighted by Gasteiger charge is -2.33. The summed E-state index contributed by atoms with van der Waals surface area (Å²) < 4.78 is 0. The van der Waals surface area contributed by atoms with Gasteiger partial charge in [-0.25, -0.2) is 0 Å². The van der Waals surface area contributed by atoms with Crippen LogP contribution in [0, 0.1) is 0 Å². The highest BCUT2D eigenvalue weighted by Gasteiger charge is 2.34. The quantitative estimate of drug-likeness (QED) is 0.878. The molecule has 0 aliphatic carbocycles. The van der Waals surface area contributed by atoms with Crippen LogP contribution in [0.1, 0.15) is 58.6 Å². The zero-order valence-corrected chi connectivity index (χ0v) is 14.7. The van der Waals surface area contributed by atoms with Crippen LogP contribution in [0.4, 0.5) is 0 Å². The van der Waals surface area contributed by atoms with E-state index < -0.39 is 6.10 Å². The predicted molar refractivity (Wildman–Crippen MR) is 93.1 cm³/mol. The van der Waals surface area contributed by atoms with E-state index >= 15 is 0 Å². The molecule has 4 nitrogen and oxygen atoms in total. The standard InChI is InChI=1S/C19H30N2O2/c1-14(18(23)20-19(2,3)4)21-12-8-11-16(21)13-17(22)15-9-6-5-7-10-15/h5-7,9-10,14,16-17,22H,8,11-13H2,1-4H3,(H,20,23). The highest BCUT2D eigenvalue weighted by Crippen LogP contribution is 2.29. The third-order valence-electron chi connectivity index (χ3n) is 4.48. The lowest BCUT2D eigenvalue weighted by atomic mass is 9.99. The van der Waals surface area contributed by atoms with Gasteiger partial charge in [-0.15, -0.1) is 0 Å². The van der Waals surface area contributed by atoms with Gasteiger partial charge < -0.3 is 10.4 Å². The Balaban J connectivity index is 1.98. The Morgan fingerprint density at radius 1 is 1.35 bits per heavy atom. The minimum atomic E-state index is -0.473. The first-order chi connectivity index (χ1) is 10.8. The number of aliphatic hydroxyl groups is 1. The highest BCUT2D eigenvalue weighted by molar-refractivity contribution is 5.82. The summed E-state index contributed by atoms with van der Waals surface area (Å²) in [6, 6.07) is 9.86. The normalized spacial score (nSPS) is 21.9. The minimum Gasteiger partial charge on any atom is -0.388 e. The van der Waals surface area contributed by atoms with Crippen molar-refractivity contribution in [2.45, 2.75) is 70.7 Å². The van der Waals surface area contributed by atoms with Crippen LogP contribution < -0.4 is 5.32 Å². The van der Waals surface area contributed by atoms with Crippen molar-refractivity contribution in [2.75, 3.05) is 6.54 Å². The van der Waals surface area contributed by atoms with Crippen molar-refractivity contribution in [3.8, 4) is 0 Å². The topological polar surface area (TPSA) is 52.6 Å². The van der Waals surface area contributed by atoms with Gasteiger partial charge in [-0.1, -0.05) is 30.3 Å². The third-order valence-corrected chi connectivity index (χ3v) is 4.48. The van der Waals surface area contributed by atoms with Gasteiger partial charge in [0, 0.05) is 11.6 Å². The fourth-order valence-electron chi connectivity index (χ4n) is 3.31. The number of amides is 1. The Bertz CT molecular complexity index is 510. The van der Waals surface area contributed by atoms with E-state index in [0.717, 1.165) is 24.9 Å². The maximum Gasteiger partial charge on any atom is 0.237 e. The van der Waals surface area contributed by atoms with E-state index in [9.17, 15) is 9.90 Å². The molecule has 0 bridgehead atoms. The van der Waals surface area contributed by atoms with Gasteiger partial charge in [0.05, 0.1) is 12.1 Å². The van der Waals surface area contributed by atoms with Crippen LogP contribution in [0.2, 0.25) is 0 Å². The molecular formula is C19H30N2O2. The Hall–Kier alpha value is -1.39. The number of carbonyl (C=O) groups is 1. The first kappa shape index (κ1) is 18.0. The lowest BCUT2D eigenvalue weighted by molar-refractivity contribution is -0.127. The SMILES string of the molecule is CC(C(=O)NC(C)(C)C)N1CCCC1CC(O)c1ccccc1. The second-order valence-corrected chi connectivity index (χ2v) is 7.61. The Kier molecular flexibility index (Phi) is 5.82. The van der Waals surface area contributed by atoms with Gasteiger partial charge in [0.25, 0.3) is 0 Å². The highest BCUT2D eigenvalue weighted by atomic mass is 16.3. The summed E-state index contributed by atoms with van der Waals surface area (Å²) >= 11 is 0. The summed E-state index contributed by atoms with van der Waals surface area (Å²) in [6.07, 6.45) is 2.33. The van der Waals surface area contributed by atoms with Gasteiger partial charge in [-0.05, 0) is 59.1 Å². The van der Waals surface area contributed by atoms with Gasteiger partial charge in [-0.3, -0.25) is 9.69 Å². The predicted octanol–water partition coefficient (Wildman–Crippen LogP) is 2.88. The molecular weight excluding hydrogens is 288 g/mol. The van der Waals surface area contributed by atoms with Crippen molar-refractivity contribution in [1.82, 2.24) is 10.2 Å². The molecule has 2 rings (SSSR count). The van der Waals surface area contributed by atoms with Gasteiger partial charge in [0.1, 0.15) is 0 Å². The molecule has 1 heterocycles. The Labute approximate surface area is 139 Å². The molecule has 3 unspecified atom stereocenters. The lowest BCUT2D eigenvalue weighted by Crippen LogP contribution is -2.52. The van der Waals surface area contributed by atoms with Gasteiger partial charge in [-0.2, -0.15) is 0 Å². The van der Waals surface area contributed by atoms with E-state index in [1.54, 1.807) is 0 Å².